The number of carbonyl (C=O) groups excluding carboxylic acids is 8. The molecule has 3 heterocycles. The summed E-state index contributed by atoms with van der Waals surface area (Å²) in [4.78, 5) is 99.7. The molecule has 2 aromatic rings. The van der Waals surface area contributed by atoms with E-state index in [2.05, 4.69) is 87.9 Å². The van der Waals surface area contributed by atoms with Gasteiger partial charge < -0.3 is 79.6 Å². The van der Waals surface area contributed by atoms with E-state index in [0.29, 0.717) is 44.9 Å². The molecule has 9 atom stereocenters. The van der Waals surface area contributed by atoms with Gasteiger partial charge in [-0.3, -0.25) is 37.7 Å². The number of ether oxygens (including phenoxy) is 6. The number of halogens is 2. The lowest BCUT2D eigenvalue weighted by molar-refractivity contribution is -0.146. The molecule has 20 heteroatoms. The van der Waals surface area contributed by atoms with Crippen LogP contribution < -0.4 is 49.9 Å². The number of quaternary nitrogens is 2. The van der Waals surface area contributed by atoms with Crippen LogP contribution in [0, 0.1) is 16.2 Å². The minimum Gasteiger partial charge on any atom is -1.00 e. The highest BCUT2D eigenvalue weighted by Gasteiger charge is 2.57. The van der Waals surface area contributed by atoms with Gasteiger partial charge in [0, 0.05) is 43.7 Å². The van der Waals surface area contributed by atoms with E-state index in [4.69, 9.17) is 38.6 Å². The van der Waals surface area contributed by atoms with Gasteiger partial charge in [0.05, 0.1) is 95.9 Å². The highest BCUT2D eigenvalue weighted by atomic mass is 127. The van der Waals surface area contributed by atoms with E-state index in [1.807, 2.05) is 88.4 Å². The molecule has 6 aliphatic rings. The Balaban J connectivity index is 0.000000315. The summed E-state index contributed by atoms with van der Waals surface area (Å²) in [6.07, 6.45) is 28.0. The fourth-order valence-corrected chi connectivity index (χ4v) is 12.8. The summed E-state index contributed by atoms with van der Waals surface area (Å²) in [5.41, 5.74) is 7.32. The van der Waals surface area contributed by atoms with E-state index in [1.165, 1.54) is 30.2 Å². The Morgan fingerprint density at radius 2 is 0.889 bits per heavy atom. The fraction of sp³-hybridized carbons (Fsp3) is 0.468. The van der Waals surface area contributed by atoms with Crippen molar-refractivity contribution in [2.24, 2.45) is 16.2 Å². The molecule has 18 nitrogen and oxygen atoms in total. The summed E-state index contributed by atoms with van der Waals surface area (Å²) < 4.78 is 34.8. The fourth-order valence-electron chi connectivity index (χ4n) is 12.8. The second-order valence-corrected chi connectivity index (χ2v) is 28.2. The predicted molar refractivity (Wildman–Crippen MR) is 376 cm³/mol. The second kappa shape index (κ2) is 37.5. The van der Waals surface area contributed by atoms with Gasteiger partial charge in [0.2, 0.25) is 0 Å². The van der Waals surface area contributed by atoms with Crippen LogP contribution >= 0.6 is 0 Å². The first kappa shape index (κ1) is 84.2. The van der Waals surface area contributed by atoms with Gasteiger partial charge in [-0.05, 0) is 196 Å². The van der Waals surface area contributed by atoms with Crippen molar-refractivity contribution in [2.45, 2.75) is 176 Å². The van der Waals surface area contributed by atoms with Crippen LogP contribution in [0.2, 0.25) is 0 Å². The topological polar surface area (TPSA) is 232 Å². The quantitative estimate of drug-likeness (QED) is 0.0392. The van der Waals surface area contributed by atoms with Crippen molar-refractivity contribution in [1.29, 1.82) is 0 Å². The number of aliphatic hydroxyl groups excluding tert-OH is 2. The summed E-state index contributed by atoms with van der Waals surface area (Å²) >= 11 is 0. The average molecular weight is 1540 g/mol. The molecule has 0 bridgehead atoms. The number of rotatable bonds is 22. The van der Waals surface area contributed by atoms with Gasteiger partial charge in [-0.1, -0.05) is 58.7 Å². The number of esters is 6. The molecule has 3 spiro atoms. The minimum absolute atomic E-state index is 0. The highest BCUT2D eigenvalue weighted by molar-refractivity contribution is 6.02. The molecule has 3 unspecified atom stereocenters. The molecule has 3 saturated heterocycles. The van der Waals surface area contributed by atoms with Crippen LogP contribution in [0.3, 0.4) is 0 Å². The third kappa shape index (κ3) is 23.2. The monoisotopic (exact) mass is 1540 g/mol. The van der Waals surface area contributed by atoms with Crippen molar-refractivity contribution in [3.05, 3.63) is 190 Å². The Kier molecular flexibility index (Phi) is 31.9. The van der Waals surface area contributed by atoms with E-state index in [9.17, 15) is 38.4 Å². The zero-order chi connectivity index (χ0) is 71.6. The third-order valence-electron chi connectivity index (χ3n) is 18.4. The van der Waals surface area contributed by atoms with Gasteiger partial charge in [-0.15, -0.1) is 0 Å². The largest absolute Gasteiger partial charge is 1.00 e. The summed E-state index contributed by atoms with van der Waals surface area (Å²) in [7, 11) is 10.3. The lowest BCUT2D eigenvalue weighted by Crippen LogP contribution is -3.00. The Morgan fingerprint density at radius 3 is 1.26 bits per heavy atom. The molecular weight excluding hydrogens is 1440 g/mol. The molecule has 0 radical (unpaired) electrons. The van der Waals surface area contributed by atoms with Gasteiger partial charge >= 0.3 is 35.8 Å². The Hall–Kier alpha value is -7.21. The SMILES string of the molecule is C/C=C/[N+](C)(C)c1ccc(C(=O)O[C@@H]2C=CC(=O)C3(CC(=O)O[C@@H]3/C=C(\C)CCC=C(C)C)C2)cc1.C=C1C=C[C@@H](OC(C)=O)CC12CC(=O)O[C@@H]2/C=C(\C)CCC=C(CO)CO.CC(C)=CCC/C(C)=C/[C@H]1OC(=O)CC12C[C@H](OC(=O)c1ccc([N+](C)(C)C)cc1)C=CC2=O.[Br-].[I-]. The normalized spacial score (nSPS) is 24.9. The molecule has 0 amide bonds. The lowest BCUT2D eigenvalue weighted by atomic mass is 9.68. The molecular formula is C79H102BrIN2O16. The third-order valence-corrected chi connectivity index (χ3v) is 18.4. The van der Waals surface area contributed by atoms with Crippen LogP contribution in [-0.4, -0.2) is 143 Å². The summed E-state index contributed by atoms with van der Waals surface area (Å²) in [6.45, 7) is 21.3. The molecule has 2 N–H and O–H groups in total. The molecule has 3 aliphatic heterocycles. The first-order chi connectivity index (χ1) is 45.7. The maximum Gasteiger partial charge on any atom is 0.338 e. The smallest absolute Gasteiger partial charge is 0.338 e. The van der Waals surface area contributed by atoms with Crippen molar-refractivity contribution < 1.29 is 118 Å². The number of allylic oxidation sites excluding steroid dienone is 12. The predicted octanol–water partition coefficient (Wildman–Crippen LogP) is 7.15. The number of nitrogens with zero attached hydrogens (tertiary/aromatic N) is 2. The summed E-state index contributed by atoms with van der Waals surface area (Å²) in [5.74, 6) is -2.69. The van der Waals surface area contributed by atoms with Crippen LogP contribution in [-0.2, 0) is 57.2 Å². The number of carbonyl (C=O) groups is 8. The Bertz CT molecular complexity index is 3580. The molecule has 99 heavy (non-hydrogen) atoms. The van der Waals surface area contributed by atoms with Crippen LogP contribution in [0.15, 0.2) is 179 Å². The van der Waals surface area contributed by atoms with Gasteiger partial charge in [0.15, 0.2) is 11.6 Å². The zero-order valence-corrected chi connectivity index (χ0v) is 63.8. The molecule has 3 aliphatic carbocycles. The zero-order valence-electron chi connectivity index (χ0n) is 60.0. The highest BCUT2D eigenvalue weighted by Crippen LogP contribution is 2.51. The number of hydrogen-bond acceptors (Lipinski definition) is 16. The second-order valence-electron chi connectivity index (χ2n) is 28.2. The molecule has 0 saturated carbocycles. The standard InChI is InChI=1S/C30H38NO5.C28H36NO5.C21H28O6.BrH.HI/c1-7-17-31(5,6)24-13-11-23(12-14-24)29(34)35-25-15-16-26(32)30(19-25)20-28(33)36-27(30)18-22(4)10-8-9-21(2)3;1-19(2)8-7-9-20(3)16-25-28(18-26(31)34-25)17-23(14-15-24(28)30)33-27(32)21-10-12-22(13-11-21)29(4,5)6;1-14(5-4-6-17(12-22)13-23)9-19-21(11-20(25)27-19)10-18(26-16(3)24)8-7-15(21)2;;/h7,9,11-18,25,27H,8,10,19-20H2,1-6H3;8,10-16,23,25H,7,9,17-18H2,1-6H3;6-9,18-19,22-23H,2,4-5,10-13H2,1,3H3;2*1H/q2*+1;;;/p-2/b17-7+,22-18+;20-16+;14-9+;;/t25-,27-,30?;23-,25-,28?;18-,19-,21?;;/m111../s1. The number of ketones is 2. The van der Waals surface area contributed by atoms with E-state index in [0.717, 1.165) is 59.4 Å². The van der Waals surface area contributed by atoms with Crippen molar-refractivity contribution in [1.82, 2.24) is 8.97 Å². The van der Waals surface area contributed by atoms with Crippen LogP contribution in [0.5, 0.6) is 0 Å². The van der Waals surface area contributed by atoms with E-state index < -0.39 is 76.7 Å². The molecule has 3 fully saturated rings. The van der Waals surface area contributed by atoms with Crippen LogP contribution in [0.1, 0.15) is 160 Å². The first-order valence-electron chi connectivity index (χ1n) is 33.4. The van der Waals surface area contributed by atoms with Crippen molar-refractivity contribution in [3.63, 3.8) is 0 Å². The lowest BCUT2D eigenvalue weighted by Gasteiger charge is -2.37. The minimum atomic E-state index is -1.05. The maximum absolute atomic E-state index is 13.0. The number of hydrogen-bond donors (Lipinski definition) is 2. The van der Waals surface area contributed by atoms with Crippen molar-refractivity contribution in [2.75, 3.05) is 48.5 Å². The molecule has 8 rings (SSSR count). The summed E-state index contributed by atoms with van der Waals surface area (Å²) in [5, 5.41) is 18.2. The molecule has 2 aromatic carbocycles. The molecule has 538 valence electrons. The number of benzene rings is 2. The maximum atomic E-state index is 13.0. The van der Waals surface area contributed by atoms with Crippen LogP contribution in [0.25, 0.3) is 0 Å². The molecule has 0 aromatic heterocycles. The summed E-state index contributed by atoms with van der Waals surface area (Å²) in [6, 6.07) is 14.6. The first-order valence-corrected chi connectivity index (χ1v) is 33.4. The van der Waals surface area contributed by atoms with Gasteiger partial charge in [-0.2, -0.15) is 0 Å². The van der Waals surface area contributed by atoms with E-state index in [1.54, 1.807) is 42.5 Å². The van der Waals surface area contributed by atoms with Crippen molar-refractivity contribution >= 4 is 58.8 Å². The van der Waals surface area contributed by atoms with Gasteiger partial charge in [-0.25, -0.2) is 9.59 Å². The van der Waals surface area contributed by atoms with E-state index in [-0.39, 0.29) is 110 Å². The average Bonchev–Trinajstić information content (AvgIpc) is 1.66. The Labute approximate surface area is 612 Å². The Morgan fingerprint density at radius 1 is 0.535 bits per heavy atom. The van der Waals surface area contributed by atoms with Gasteiger partial charge in [0.1, 0.15) is 48.0 Å². The van der Waals surface area contributed by atoms with Crippen LogP contribution in [0.4, 0.5) is 11.4 Å². The number of cyclic esters (lactones) is 3. The number of aliphatic hydroxyl groups is 2. The van der Waals surface area contributed by atoms with Gasteiger partial charge in [0.25, 0.3) is 0 Å². The van der Waals surface area contributed by atoms with Crippen molar-refractivity contribution in [3.8, 4) is 0 Å². The van der Waals surface area contributed by atoms with E-state index >= 15 is 0 Å².